The Morgan fingerprint density at radius 2 is 1.68 bits per heavy atom. The Labute approximate surface area is 240 Å². The molecule has 40 heavy (non-hydrogen) atoms. The van der Waals surface area contributed by atoms with Crippen molar-refractivity contribution in [1.29, 1.82) is 0 Å². The maximum Gasteiger partial charge on any atom is 0.302 e. The van der Waals surface area contributed by atoms with E-state index in [1.54, 1.807) is 7.11 Å². The third-order valence-corrected chi connectivity index (χ3v) is 13.1. The number of nitro groups is 1. The summed E-state index contributed by atoms with van der Waals surface area (Å²) in [6, 6.07) is 0. The summed E-state index contributed by atoms with van der Waals surface area (Å²) in [5, 5.41) is 11.7. The van der Waals surface area contributed by atoms with Gasteiger partial charge in [-0.25, -0.2) is 0 Å². The van der Waals surface area contributed by atoms with Crippen LogP contribution in [-0.4, -0.2) is 42.5 Å². The van der Waals surface area contributed by atoms with Crippen LogP contribution in [0.1, 0.15) is 106 Å². The number of hydrogen-bond acceptors (Lipinski definition) is 6. The van der Waals surface area contributed by atoms with Crippen LogP contribution in [0.25, 0.3) is 0 Å². The summed E-state index contributed by atoms with van der Waals surface area (Å²) < 4.78 is 11.8. The van der Waals surface area contributed by atoms with Gasteiger partial charge >= 0.3 is 5.97 Å². The van der Waals surface area contributed by atoms with Gasteiger partial charge in [0.15, 0.2) is 5.78 Å². The van der Waals surface area contributed by atoms with E-state index in [2.05, 4.69) is 41.5 Å². The molecule has 0 radical (unpaired) electrons. The predicted octanol–water partition coefficient (Wildman–Crippen LogP) is 6.80. The molecule has 0 amide bonds. The van der Waals surface area contributed by atoms with Gasteiger partial charge < -0.3 is 9.47 Å². The lowest BCUT2D eigenvalue weighted by Gasteiger charge is -2.69. The van der Waals surface area contributed by atoms with E-state index in [4.69, 9.17) is 9.47 Å². The molecule has 0 N–H and O–H groups in total. The number of carbonyl (C=O) groups excluding carboxylic acids is 2. The molecule has 4 saturated carbocycles. The van der Waals surface area contributed by atoms with E-state index >= 15 is 0 Å². The smallest absolute Gasteiger partial charge is 0.302 e. The number of methoxy groups -OCH3 is 1. The van der Waals surface area contributed by atoms with Crippen molar-refractivity contribution in [3.05, 3.63) is 21.3 Å². The molecule has 0 aliphatic heterocycles. The molecular weight excluding hydrogens is 506 g/mol. The molecule has 9 atom stereocenters. The van der Waals surface area contributed by atoms with Gasteiger partial charge in [-0.05, 0) is 97.4 Å². The number of carbonyl (C=O) groups is 2. The Bertz CT molecular complexity index is 1110. The summed E-state index contributed by atoms with van der Waals surface area (Å²) in [6.45, 7) is 15.2. The first kappa shape index (κ1) is 29.7. The molecule has 5 aliphatic rings. The number of fused-ring (bicyclic) bond motifs is 7. The Kier molecular flexibility index (Phi) is 7.37. The molecule has 4 fully saturated rings. The zero-order valence-electron chi connectivity index (χ0n) is 26.0. The number of nitrogens with zero attached hydrogens (tertiary/aromatic N) is 1. The Balaban J connectivity index is 1.53. The molecule has 9 unspecified atom stereocenters. The fourth-order valence-corrected chi connectivity index (χ4v) is 11.8. The molecule has 0 spiro atoms. The molecule has 0 saturated heterocycles. The zero-order valence-corrected chi connectivity index (χ0v) is 26.0. The van der Waals surface area contributed by atoms with Crippen LogP contribution in [0.4, 0.5) is 0 Å². The van der Waals surface area contributed by atoms with Gasteiger partial charge in [0, 0.05) is 36.2 Å². The summed E-state index contributed by atoms with van der Waals surface area (Å²) in [4.78, 5) is 37.0. The van der Waals surface area contributed by atoms with Crippen molar-refractivity contribution in [1.82, 2.24) is 0 Å². The van der Waals surface area contributed by atoms with Gasteiger partial charge in [0.05, 0.1) is 0 Å². The minimum absolute atomic E-state index is 0.0325. The van der Waals surface area contributed by atoms with Crippen molar-refractivity contribution in [2.75, 3.05) is 13.7 Å². The summed E-state index contributed by atoms with van der Waals surface area (Å²) in [6.07, 6.45) is 7.95. The Morgan fingerprint density at radius 3 is 2.27 bits per heavy atom. The standard InChI is InChI=1S/C33H51NO6/c1-19(2)28-23(36)17-33(27(39-8)18-34(37)38)16-11-22-21(29(28)33)9-10-25-31(22,6)14-12-24-30(4,5)26(40-20(3)35)13-15-32(24,25)7/h19,21-22,24-27H,9-18H2,1-8H3. The van der Waals surface area contributed by atoms with Crippen molar-refractivity contribution in [2.24, 2.45) is 51.2 Å². The van der Waals surface area contributed by atoms with Crippen LogP contribution < -0.4 is 0 Å². The summed E-state index contributed by atoms with van der Waals surface area (Å²) in [5.41, 5.74) is 1.89. The summed E-state index contributed by atoms with van der Waals surface area (Å²) in [5.74, 6) is 1.93. The average Bonchev–Trinajstić information content (AvgIpc) is 3.17. The van der Waals surface area contributed by atoms with Gasteiger partial charge in [-0.2, -0.15) is 0 Å². The lowest BCUT2D eigenvalue weighted by Crippen LogP contribution is -2.63. The fourth-order valence-electron chi connectivity index (χ4n) is 11.8. The normalized spacial score (nSPS) is 42.9. The second-order valence-electron chi connectivity index (χ2n) is 15.4. The van der Waals surface area contributed by atoms with Crippen LogP contribution in [0.5, 0.6) is 0 Å². The zero-order chi connectivity index (χ0) is 29.4. The first-order chi connectivity index (χ1) is 18.6. The van der Waals surface area contributed by atoms with Gasteiger partial charge in [-0.1, -0.05) is 47.1 Å². The van der Waals surface area contributed by atoms with E-state index in [1.165, 1.54) is 12.5 Å². The maximum atomic E-state index is 13.6. The summed E-state index contributed by atoms with van der Waals surface area (Å²) in [7, 11) is 1.58. The molecule has 0 aromatic carbocycles. The van der Waals surface area contributed by atoms with E-state index in [0.29, 0.717) is 24.2 Å². The molecule has 0 bridgehead atoms. The number of ketones is 1. The van der Waals surface area contributed by atoms with Gasteiger partial charge in [0.2, 0.25) is 6.54 Å². The molecule has 5 rings (SSSR count). The third kappa shape index (κ3) is 4.14. The van der Waals surface area contributed by atoms with Crippen LogP contribution in [0.15, 0.2) is 11.1 Å². The van der Waals surface area contributed by atoms with Crippen LogP contribution in [-0.2, 0) is 19.1 Å². The number of Topliss-reactive ketones (excluding diaryl/α,β-unsaturated/α-hetero) is 1. The Morgan fingerprint density at radius 1 is 1.00 bits per heavy atom. The largest absolute Gasteiger partial charge is 0.462 e. The Hall–Kier alpha value is -1.76. The lowest BCUT2D eigenvalue weighted by atomic mass is 9.36. The maximum absolute atomic E-state index is 13.6. The number of hydrogen-bond donors (Lipinski definition) is 0. The molecule has 0 aromatic rings. The number of rotatable bonds is 6. The van der Waals surface area contributed by atoms with Crippen molar-refractivity contribution >= 4 is 11.8 Å². The average molecular weight is 558 g/mol. The van der Waals surface area contributed by atoms with Crippen LogP contribution in [0, 0.1) is 61.4 Å². The summed E-state index contributed by atoms with van der Waals surface area (Å²) >= 11 is 0. The first-order valence-corrected chi connectivity index (χ1v) is 15.7. The van der Waals surface area contributed by atoms with Crippen molar-refractivity contribution in [2.45, 2.75) is 118 Å². The SMILES string of the molecule is COC(C[N+](=O)[O-])C12CCC3C(CCC4C3(C)CCC3C(C)(C)C(OC(C)=O)CCC34C)C1=C(C(C)C)C(=O)C2. The minimum atomic E-state index is -0.574. The van der Waals surface area contributed by atoms with E-state index in [0.717, 1.165) is 56.9 Å². The van der Waals surface area contributed by atoms with Crippen LogP contribution in [0.3, 0.4) is 0 Å². The highest BCUT2D eigenvalue weighted by Gasteiger charge is 2.67. The van der Waals surface area contributed by atoms with Gasteiger partial charge in [-0.3, -0.25) is 19.7 Å². The van der Waals surface area contributed by atoms with E-state index < -0.39 is 11.5 Å². The molecule has 7 heteroatoms. The van der Waals surface area contributed by atoms with Gasteiger partial charge in [0.1, 0.15) is 12.2 Å². The van der Waals surface area contributed by atoms with Crippen molar-refractivity contribution in [3.63, 3.8) is 0 Å². The number of allylic oxidation sites excluding steroid dienone is 1. The molecule has 5 aliphatic carbocycles. The topological polar surface area (TPSA) is 95.7 Å². The van der Waals surface area contributed by atoms with Crippen LogP contribution >= 0.6 is 0 Å². The lowest BCUT2D eigenvalue weighted by molar-refractivity contribution is -0.495. The highest BCUT2D eigenvalue weighted by Crippen LogP contribution is 2.73. The van der Waals surface area contributed by atoms with Crippen LogP contribution in [0.2, 0.25) is 0 Å². The second kappa shape index (κ2) is 9.91. The molecule has 7 nitrogen and oxygen atoms in total. The van der Waals surface area contributed by atoms with Crippen molar-refractivity contribution < 1.29 is 24.0 Å². The van der Waals surface area contributed by atoms with E-state index in [1.807, 2.05) is 0 Å². The molecule has 0 aromatic heterocycles. The minimum Gasteiger partial charge on any atom is -0.462 e. The van der Waals surface area contributed by atoms with E-state index in [-0.39, 0.29) is 57.4 Å². The highest BCUT2D eigenvalue weighted by molar-refractivity contribution is 6.00. The second-order valence-corrected chi connectivity index (χ2v) is 15.4. The van der Waals surface area contributed by atoms with Crippen molar-refractivity contribution in [3.8, 4) is 0 Å². The molecule has 224 valence electrons. The van der Waals surface area contributed by atoms with E-state index in [9.17, 15) is 19.7 Å². The predicted molar refractivity (Wildman–Crippen MR) is 153 cm³/mol. The highest BCUT2D eigenvalue weighted by atomic mass is 16.6. The third-order valence-electron chi connectivity index (χ3n) is 13.1. The number of esters is 1. The fraction of sp³-hybridized carbons (Fsp3) is 0.879. The monoisotopic (exact) mass is 557 g/mol. The number of ether oxygens (including phenoxy) is 2. The quantitative estimate of drug-likeness (QED) is 0.202. The molecular formula is C33H51NO6. The molecule has 0 heterocycles. The van der Waals surface area contributed by atoms with Gasteiger partial charge in [0.25, 0.3) is 0 Å². The van der Waals surface area contributed by atoms with Gasteiger partial charge in [-0.15, -0.1) is 0 Å². The first-order valence-electron chi connectivity index (χ1n) is 15.7.